The number of aromatic nitrogens is 2. The second-order valence-corrected chi connectivity index (χ2v) is 3.45. The fourth-order valence-electron chi connectivity index (χ4n) is 1.45. The van der Waals surface area contributed by atoms with E-state index < -0.39 is 0 Å². The van der Waals surface area contributed by atoms with Crippen LogP contribution in [0, 0.1) is 11.3 Å². The van der Waals surface area contributed by atoms with Gasteiger partial charge in [-0.3, -0.25) is 0 Å². The highest BCUT2D eigenvalue weighted by Crippen LogP contribution is 2.28. The van der Waals surface area contributed by atoms with Crippen molar-refractivity contribution in [3.8, 4) is 29.0 Å². The molecule has 2 rings (SSSR count). The Labute approximate surface area is 104 Å². The van der Waals surface area contributed by atoms with Gasteiger partial charge in [-0.25, -0.2) is 0 Å². The Balaban J connectivity index is 2.39. The van der Waals surface area contributed by atoms with Gasteiger partial charge in [0, 0.05) is 11.6 Å². The molecule has 92 valence electrons. The van der Waals surface area contributed by atoms with Crippen LogP contribution < -0.4 is 9.47 Å². The maximum Gasteiger partial charge on any atom is 0.241 e. The van der Waals surface area contributed by atoms with Crippen molar-refractivity contribution in [2.45, 2.75) is 6.42 Å². The van der Waals surface area contributed by atoms with E-state index in [1.807, 2.05) is 6.07 Å². The molecule has 1 aromatic heterocycles. The number of benzene rings is 1. The molecule has 0 fully saturated rings. The molecular formula is C12H11N3O3. The second kappa shape index (κ2) is 5.19. The summed E-state index contributed by atoms with van der Waals surface area (Å²) in [4.78, 5) is 4.11. The lowest BCUT2D eigenvalue weighted by molar-refractivity contribution is 0.387. The average Bonchev–Trinajstić information content (AvgIpc) is 2.87. The van der Waals surface area contributed by atoms with E-state index in [0.29, 0.717) is 22.9 Å². The molecular weight excluding hydrogens is 234 g/mol. The van der Waals surface area contributed by atoms with Crippen LogP contribution in [0.25, 0.3) is 11.4 Å². The van der Waals surface area contributed by atoms with E-state index in [4.69, 9.17) is 19.3 Å². The molecule has 6 heteroatoms. The number of rotatable bonds is 4. The summed E-state index contributed by atoms with van der Waals surface area (Å²) < 4.78 is 15.3. The number of hydrogen-bond donors (Lipinski definition) is 0. The predicted molar refractivity (Wildman–Crippen MR) is 62.2 cm³/mol. The predicted octanol–water partition coefficient (Wildman–Crippen LogP) is 1.82. The first kappa shape index (κ1) is 11.9. The summed E-state index contributed by atoms with van der Waals surface area (Å²) in [6.45, 7) is 0. The van der Waals surface area contributed by atoms with E-state index in [9.17, 15) is 0 Å². The average molecular weight is 245 g/mol. The van der Waals surface area contributed by atoms with E-state index in [1.165, 1.54) is 0 Å². The molecule has 0 saturated carbocycles. The van der Waals surface area contributed by atoms with Crippen LogP contribution in [0.5, 0.6) is 11.5 Å². The maximum absolute atomic E-state index is 8.55. The molecule has 1 heterocycles. The standard InChI is InChI=1S/C12H11N3O3/c1-16-9-5-8(6-10(7-9)17-2)12-14-11(3-4-13)18-15-12/h5-7H,3H2,1-2H3. The van der Waals surface area contributed by atoms with Crippen LogP contribution in [-0.4, -0.2) is 24.4 Å². The van der Waals surface area contributed by atoms with E-state index in [1.54, 1.807) is 32.4 Å². The van der Waals surface area contributed by atoms with Crippen molar-refractivity contribution in [2.24, 2.45) is 0 Å². The van der Waals surface area contributed by atoms with Crippen molar-refractivity contribution in [3.63, 3.8) is 0 Å². The summed E-state index contributed by atoms with van der Waals surface area (Å²) in [6.07, 6.45) is 0.0914. The molecule has 0 aliphatic rings. The number of methoxy groups -OCH3 is 2. The molecule has 0 saturated heterocycles. The Hall–Kier alpha value is -2.55. The third kappa shape index (κ3) is 2.40. The maximum atomic E-state index is 8.55. The normalized spacial score (nSPS) is 9.83. The fourth-order valence-corrected chi connectivity index (χ4v) is 1.45. The molecule has 0 spiro atoms. The highest BCUT2D eigenvalue weighted by atomic mass is 16.5. The minimum absolute atomic E-state index is 0.0914. The van der Waals surface area contributed by atoms with Gasteiger partial charge < -0.3 is 14.0 Å². The molecule has 0 aliphatic heterocycles. The van der Waals surface area contributed by atoms with E-state index in [0.717, 1.165) is 0 Å². The molecule has 6 nitrogen and oxygen atoms in total. The number of nitrogens with zero attached hydrogens (tertiary/aromatic N) is 3. The van der Waals surface area contributed by atoms with Gasteiger partial charge in [0.1, 0.15) is 17.9 Å². The van der Waals surface area contributed by atoms with Gasteiger partial charge in [0.2, 0.25) is 11.7 Å². The lowest BCUT2D eigenvalue weighted by atomic mass is 10.2. The zero-order valence-corrected chi connectivity index (χ0v) is 10.0. The van der Waals surface area contributed by atoms with Gasteiger partial charge in [0.05, 0.1) is 20.3 Å². The van der Waals surface area contributed by atoms with Crippen molar-refractivity contribution in [1.82, 2.24) is 10.1 Å². The third-order valence-corrected chi connectivity index (χ3v) is 2.31. The van der Waals surface area contributed by atoms with Gasteiger partial charge in [-0.05, 0) is 12.1 Å². The SMILES string of the molecule is COc1cc(OC)cc(-c2noc(CC#N)n2)c1. The first-order chi connectivity index (χ1) is 8.76. The minimum atomic E-state index is 0.0914. The third-order valence-electron chi connectivity index (χ3n) is 2.31. The van der Waals surface area contributed by atoms with Gasteiger partial charge in [-0.15, -0.1) is 0 Å². The lowest BCUT2D eigenvalue weighted by Crippen LogP contribution is -1.90. The van der Waals surface area contributed by atoms with Gasteiger partial charge >= 0.3 is 0 Å². The van der Waals surface area contributed by atoms with Crippen LogP contribution in [0.15, 0.2) is 22.7 Å². The van der Waals surface area contributed by atoms with E-state index in [-0.39, 0.29) is 12.3 Å². The highest BCUT2D eigenvalue weighted by molar-refractivity contribution is 5.60. The Morgan fingerprint density at radius 2 is 1.89 bits per heavy atom. The first-order valence-corrected chi connectivity index (χ1v) is 5.20. The molecule has 2 aromatic rings. The molecule has 18 heavy (non-hydrogen) atoms. The van der Waals surface area contributed by atoms with Gasteiger partial charge in [-0.1, -0.05) is 5.16 Å². The number of ether oxygens (including phenoxy) is 2. The molecule has 0 N–H and O–H groups in total. The summed E-state index contributed by atoms with van der Waals surface area (Å²) in [5.41, 5.74) is 0.708. The Kier molecular flexibility index (Phi) is 3.44. The van der Waals surface area contributed by atoms with Crippen molar-refractivity contribution in [3.05, 3.63) is 24.1 Å². The van der Waals surface area contributed by atoms with Gasteiger partial charge in [-0.2, -0.15) is 10.2 Å². The summed E-state index contributed by atoms with van der Waals surface area (Å²) in [7, 11) is 3.13. The molecule has 0 bridgehead atoms. The van der Waals surface area contributed by atoms with Crippen LogP contribution in [-0.2, 0) is 6.42 Å². The minimum Gasteiger partial charge on any atom is -0.497 e. The highest BCUT2D eigenvalue weighted by Gasteiger charge is 2.11. The zero-order chi connectivity index (χ0) is 13.0. The van der Waals surface area contributed by atoms with E-state index >= 15 is 0 Å². The van der Waals surface area contributed by atoms with Crippen LogP contribution in [0.1, 0.15) is 5.89 Å². The van der Waals surface area contributed by atoms with Crippen LogP contribution in [0.4, 0.5) is 0 Å². The summed E-state index contributed by atoms with van der Waals surface area (Å²) in [5, 5.41) is 12.4. The van der Waals surface area contributed by atoms with Crippen LogP contribution in [0.2, 0.25) is 0 Å². The van der Waals surface area contributed by atoms with Crippen LogP contribution in [0.3, 0.4) is 0 Å². The monoisotopic (exact) mass is 245 g/mol. The molecule has 1 aromatic carbocycles. The van der Waals surface area contributed by atoms with Gasteiger partial charge in [0.25, 0.3) is 0 Å². The van der Waals surface area contributed by atoms with Crippen molar-refractivity contribution in [1.29, 1.82) is 5.26 Å². The molecule has 0 amide bonds. The molecule has 0 radical (unpaired) electrons. The Morgan fingerprint density at radius 1 is 1.22 bits per heavy atom. The topological polar surface area (TPSA) is 81.2 Å². The smallest absolute Gasteiger partial charge is 0.241 e. The van der Waals surface area contributed by atoms with E-state index in [2.05, 4.69) is 10.1 Å². The van der Waals surface area contributed by atoms with Gasteiger partial charge in [0.15, 0.2) is 0 Å². The largest absolute Gasteiger partial charge is 0.497 e. The molecule has 0 unspecified atom stereocenters. The summed E-state index contributed by atoms with van der Waals surface area (Å²) >= 11 is 0. The number of hydrogen-bond acceptors (Lipinski definition) is 6. The Bertz CT molecular complexity index is 564. The quantitative estimate of drug-likeness (QED) is 0.817. The molecule has 0 atom stereocenters. The fraction of sp³-hybridized carbons (Fsp3) is 0.250. The lowest BCUT2D eigenvalue weighted by Gasteiger charge is -2.05. The Morgan fingerprint density at radius 3 is 2.44 bits per heavy atom. The second-order valence-electron chi connectivity index (χ2n) is 3.45. The van der Waals surface area contributed by atoms with Crippen molar-refractivity contribution < 1.29 is 14.0 Å². The first-order valence-electron chi connectivity index (χ1n) is 5.20. The van der Waals surface area contributed by atoms with Crippen molar-refractivity contribution in [2.75, 3.05) is 14.2 Å². The van der Waals surface area contributed by atoms with Crippen molar-refractivity contribution >= 4 is 0 Å². The zero-order valence-electron chi connectivity index (χ0n) is 10.0. The summed E-state index contributed by atoms with van der Waals surface area (Å²) in [5.74, 6) is 1.96. The van der Waals surface area contributed by atoms with Crippen LogP contribution >= 0.6 is 0 Å². The number of nitriles is 1. The summed E-state index contributed by atoms with van der Waals surface area (Å²) in [6, 6.07) is 7.23. The molecule has 0 aliphatic carbocycles.